The van der Waals surface area contributed by atoms with Crippen LogP contribution in [0.2, 0.25) is 0 Å². The van der Waals surface area contributed by atoms with E-state index >= 15 is 0 Å². The molecule has 0 atom stereocenters. The van der Waals surface area contributed by atoms with E-state index in [2.05, 4.69) is 34.8 Å². The van der Waals surface area contributed by atoms with Gasteiger partial charge in [0.1, 0.15) is 5.76 Å². The van der Waals surface area contributed by atoms with Gasteiger partial charge in [0.25, 0.3) is 0 Å². The predicted molar refractivity (Wildman–Crippen MR) is 65.1 cm³/mol. The van der Waals surface area contributed by atoms with Gasteiger partial charge in [0.15, 0.2) is 3.77 Å². The van der Waals surface area contributed by atoms with Crippen LogP contribution in [0, 0.1) is 9.18 Å². The number of hydrogen-bond acceptors (Lipinski definition) is 2. The molecule has 1 aromatic heterocycles. The lowest BCUT2D eigenvalue weighted by Crippen LogP contribution is -2.22. The SMILES string of the molecule is CCC1(CNCc2ccc(I)o2)CC1. The van der Waals surface area contributed by atoms with Crippen LogP contribution in [0.5, 0.6) is 0 Å². The highest BCUT2D eigenvalue weighted by Gasteiger charge is 2.39. The zero-order valence-electron chi connectivity index (χ0n) is 8.48. The molecule has 0 amide bonds. The van der Waals surface area contributed by atoms with Gasteiger partial charge < -0.3 is 9.73 Å². The molecule has 2 nitrogen and oxygen atoms in total. The smallest absolute Gasteiger partial charge is 0.164 e. The second-order valence-electron chi connectivity index (χ2n) is 4.16. The molecule has 1 N–H and O–H groups in total. The lowest BCUT2D eigenvalue weighted by atomic mass is 10.0. The summed E-state index contributed by atoms with van der Waals surface area (Å²) in [4.78, 5) is 0. The number of halogens is 1. The summed E-state index contributed by atoms with van der Waals surface area (Å²) in [6.45, 7) is 4.29. The van der Waals surface area contributed by atoms with Crippen molar-refractivity contribution in [2.45, 2.75) is 32.7 Å². The molecule has 0 bridgehead atoms. The molecule has 0 aliphatic heterocycles. The monoisotopic (exact) mass is 305 g/mol. The Hall–Kier alpha value is -0.0300. The molecule has 1 aromatic rings. The first-order valence-corrected chi connectivity index (χ1v) is 6.27. The fraction of sp³-hybridized carbons (Fsp3) is 0.636. The molecule has 0 spiro atoms. The molecular formula is C11H16INO. The molecular weight excluding hydrogens is 289 g/mol. The molecule has 1 saturated carbocycles. The van der Waals surface area contributed by atoms with Crippen LogP contribution in [-0.4, -0.2) is 6.54 Å². The molecule has 0 unspecified atom stereocenters. The Labute approximate surface area is 98.6 Å². The molecule has 1 fully saturated rings. The van der Waals surface area contributed by atoms with Gasteiger partial charge in [-0.15, -0.1) is 0 Å². The van der Waals surface area contributed by atoms with Crippen molar-refractivity contribution in [1.82, 2.24) is 5.32 Å². The van der Waals surface area contributed by atoms with Crippen molar-refractivity contribution in [3.8, 4) is 0 Å². The van der Waals surface area contributed by atoms with Crippen molar-refractivity contribution < 1.29 is 4.42 Å². The highest BCUT2D eigenvalue weighted by atomic mass is 127. The van der Waals surface area contributed by atoms with E-state index in [1.54, 1.807) is 0 Å². The summed E-state index contributed by atoms with van der Waals surface area (Å²) in [6, 6.07) is 4.05. The van der Waals surface area contributed by atoms with Crippen molar-refractivity contribution in [1.29, 1.82) is 0 Å². The lowest BCUT2D eigenvalue weighted by molar-refractivity contribution is 0.411. The van der Waals surface area contributed by atoms with E-state index in [9.17, 15) is 0 Å². The number of rotatable bonds is 5. The van der Waals surface area contributed by atoms with Gasteiger partial charge in [-0.1, -0.05) is 6.92 Å². The summed E-state index contributed by atoms with van der Waals surface area (Å²) in [5.74, 6) is 1.04. The van der Waals surface area contributed by atoms with Crippen LogP contribution in [-0.2, 0) is 6.54 Å². The van der Waals surface area contributed by atoms with E-state index in [-0.39, 0.29) is 0 Å². The van der Waals surface area contributed by atoms with Gasteiger partial charge in [-0.25, -0.2) is 0 Å². The van der Waals surface area contributed by atoms with E-state index in [0.29, 0.717) is 5.41 Å². The maximum absolute atomic E-state index is 5.48. The molecule has 3 heteroatoms. The van der Waals surface area contributed by atoms with Crippen LogP contribution in [0.4, 0.5) is 0 Å². The summed E-state index contributed by atoms with van der Waals surface area (Å²) in [5, 5.41) is 3.47. The zero-order valence-corrected chi connectivity index (χ0v) is 10.6. The van der Waals surface area contributed by atoms with E-state index in [4.69, 9.17) is 4.42 Å². The van der Waals surface area contributed by atoms with Crippen LogP contribution in [0.3, 0.4) is 0 Å². The van der Waals surface area contributed by atoms with Gasteiger partial charge in [0.05, 0.1) is 6.54 Å². The van der Waals surface area contributed by atoms with Crippen molar-refractivity contribution in [2.75, 3.05) is 6.54 Å². The Morgan fingerprint density at radius 2 is 2.29 bits per heavy atom. The Morgan fingerprint density at radius 3 is 2.79 bits per heavy atom. The zero-order chi connectivity index (χ0) is 10.0. The molecule has 2 rings (SSSR count). The van der Waals surface area contributed by atoms with Gasteiger partial charge in [-0.3, -0.25) is 0 Å². The van der Waals surface area contributed by atoms with Crippen LogP contribution in [0.15, 0.2) is 16.5 Å². The molecule has 0 aromatic carbocycles. The molecule has 14 heavy (non-hydrogen) atoms. The van der Waals surface area contributed by atoms with Gasteiger partial charge >= 0.3 is 0 Å². The van der Waals surface area contributed by atoms with Crippen LogP contribution >= 0.6 is 22.6 Å². The molecule has 78 valence electrons. The van der Waals surface area contributed by atoms with E-state index < -0.39 is 0 Å². The van der Waals surface area contributed by atoms with Gasteiger partial charge in [-0.2, -0.15) is 0 Å². The Morgan fingerprint density at radius 1 is 1.50 bits per heavy atom. The molecule has 1 aliphatic carbocycles. The standard InChI is InChI=1S/C11H16INO/c1-2-11(5-6-11)8-13-7-9-3-4-10(12)14-9/h3-4,13H,2,5-8H2,1H3. The van der Waals surface area contributed by atoms with Crippen molar-refractivity contribution in [3.05, 3.63) is 21.7 Å². The maximum atomic E-state index is 5.48. The minimum absolute atomic E-state index is 0.625. The first kappa shape index (κ1) is 10.5. The van der Waals surface area contributed by atoms with Crippen LogP contribution in [0.25, 0.3) is 0 Å². The maximum Gasteiger partial charge on any atom is 0.164 e. The summed E-state index contributed by atoms with van der Waals surface area (Å²) >= 11 is 2.19. The Balaban J connectivity index is 1.73. The minimum atomic E-state index is 0.625. The first-order chi connectivity index (χ1) is 6.74. The molecule has 1 aliphatic rings. The van der Waals surface area contributed by atoms with Crippen LogP contribution < -0.4 is 5.32 Å². The second kappa shape index (κ2) is 4.23. The Kier molecular flexibility index (Phi) is 3.17. The second-order valence-corrected chi connectivity index (χ2v) is 5.23. The number of hydrogen-bond donors (Lipinski definition) is 1. The summed E-state index contributed by atoms with van der Waals surface area (Å²) < 4.78 is 6.44. The van der Waals surface area contributed by atoms with E-state index in [1.807, 2.05) is 12.1 Å². The third-order valence-electron chi connectivity index (χ3n) is 3.14. The van der Waals surface area contributed by atoms with E-state index in [0.717, 1.165) is 22.6 Å². The summed E-state index contributed by atoms with van der Waals surface area (Å²) in [5.41, 5.74) is 0.625. The third kappa shape index (κ3) is 2.51. The number of furan rings is 1. The molecule has 0 radical (unpaired) electrons. The van der Waals surface area contributed by atoms with Gasteiger partial charge in [0.2, 0.25) is 0 Å². The largest absolute Gasteiger partial charge is 0.454 e. The van der Waals surface area contributed by atoms with Gasteiger partial charge in [0, 0.05) is 6.54 Å². The fourth-order valence-electron chi connectivity index (χ4n) is 1.73. The minimum Gasteiger partial charge on any atom is -0.454 e. The van der Waals surface area contributed by atoms with Gasteiger partial charge in [-0.05, 0) is 59.4 Å². The quantitative estimate of drug-likeness (QED) is 0.845. The van der Waals surface area contributed by atoms with Crippen molar-refractivity contribution >= 4 is 22.6 Å². The van der Waals surface area contributed by atoms with Crippen LogP contribution in [0.1, 0.15) is 31.9 Å². The van der Waals surface area contributed by atoms with Crippen molar-refractivity contribution in [3.63, 3.8) is 0 Å². The summed E-state index contributed by atoms with van der Waals surface area (Å²) in [7, 11) is 0. The first-order valence-electron chi connectivity index (χ1n) is 5.19. The highest BCUT2D eigenvalue weighted by molar-refractivity contribution is 14.1. The topological polar surface area (TPSA) is 25.2 Å². The number of nitrogens with one attached hydrogen (secondary N) is 1. The highest BCUT2D eigenvalue weighted by Crippen LogP contribution is 2.47. The normalized spacial score (nSPS) is 18.4. The fourth-order valence-corrected chi connectivity index (χ4v) is 2.19. The Bertz CT molecular complexity index is 304. The predicted octanol–water partition coefficient (Wildman–Crippen LogP) is 3.16. The van der Waals surface area contributed by atoms with Crippen molar-refractivity contribution in [2.24, 2.45) is 5.41 Å². The lowest BCUT2D eigenvalue weighted by Gasteiger charge is -2.12. The summed E-state index contributed by atoms with van der Waals surface area (Å²) in [6.07, 6.45) is 4.09. The average molecular weight is 305 g/mol. The molecule has 0 saturated heterocycles. The molecule has 1 heterocycles. The average Bonchev–Trinajstić information content (AvgIpc) is 2.84. The third-order valence-corrected chi connectivity index (χ3v) is 3.71. The van der Waals surface area contributed by atoms with E-state index in [1.165, 1.54) is 19.3 Å².